The lowest BCUT2D eigenvalue weighted by atomic mass is 10.1. The van der Waals surface area contributed by atoms with Crippen molar-refractivity contribution in [1.29, 1.82) is 0 Å². The summed E-state index contributed by atoms with van der Waals surface area (Å²) in [5.74, 6) is 0. The van der Waals surface area contributed by atoms with Gasteiger partial charge in [-0.05, 0) is 28.1 Å². The Balaban J connectivity index is 2.33. The average Bonchev–Trinajstić information content (AvgIpc) is 2.75. The number of hydrogen-bond donors (Lipinski definition) is 0. The quantitative estimate of drug-likeness (QED) is 0.577. The summed E-state index contributed by atoms with van der Waals surface area (Å²) >= 11 is 9.68. The van der Waals surface area contributed by atoms with Crippen LogP contribution >= 0.6 is 27.5 Å². The fourth-order valence-electron chi connectivity index (χ4n) is 1.91. The van der Waals surface area contributed by atoms with E-state index in [4.69, 9.17) is 16.0 Å². The van der Waals surface area contributed by atoms with Crippen molar-refractivity contribution in [2.75, 3.05) is 0 Å². The van der Waals surface area contributed by atoms with E-state index in [0.717, 1.165) is 31.6 Å². The molecule has 17 heavy (non-hydrogen) atoms. The zero-order chi connectivity index (χ0) is 11.8. The number of hydrogen-bond acceptors (Lipinski definition) is 1. The highest BCUT2D eigenvalue weighted by atomic mass is 79.9. The molecule has 0 aliphatic heterocycles. The molecule has 0 N–H and O–H groups in total. The van der Waals surface area contributed by atoms with Gasteiger partial charge in [0.15, 0.2) is 0 Å². The van der Waals surface area contributed by atoms with Crippen LogP contribution < -0.4 is 0 Å². The molecule has 1 aromatic heterocycles. The summed E-state index contributed by atoms with van der Waals surface area (Å²) in [4.78, 5) is 0. The molecule has 0 bridgehead atoms. The van der Waals surface area contributed by atoms with Gasteiger partial charge in [0.25, 0.3) is 0 Å². The molecular weight excluding hydrogens is 300 g/mol. The normalized spacial score (nSPS) is 10.9. The predicted molar refractivity (Wildman–Crippen MR) is 74.4 cm³/mol. The molecule has 0 saturated heterocycles. The summed E-state index contributed by atoms with van der Waals surface area (Å²) in [6.45, 7) is 0. The van der Waals surface area contributed by atoms with Crippen molar-refractivity contribution in [1.82, 2.24) is 0 Å². The molecule has 0 unspecified atom stereocenters. The Labute approximate surface area is 112 Å². The third-order valence-corrected chi connectivity index (χ3v) is 3.67. The van der Waals surface area contributed by atoms with E-state index in [0.29, 0.717) is 0 Å². The lowest BCUT2D eigenvalue weighted by Gasteiger charge is -2.01. The van der Waals surface area contributed by atoms with E-state index in [2.05, 4.69) is 15.9 Å². The topological polar surface area (TPSA) is 13.1 Å². The molecule has 1 heterocycles. The van der Waals surface area contributed by atoms with Gasteiger partial charge < -0.3 is 4.42 Å². The van der Waals surface area contributed by atoms with Crippen LogP contribution in [-0.4, -0.2) is 0 Å². The summed E-state index contributed by atoms with van der Waals surface area (Å²) in [7, 11) is 0. The van der Waals surface area contributed by atoms with Crippen LogP contribution in [0.15, 0.2) is 57.6 Å². The second kappa shape index (κ2) is 4.21. The van der Waals surface area contributed by atoms with Crippen LogP contribution in [0.3, 0.4) is 0 Å². The number of para-hydroxylation sites is 1. The highest BCUT2D eigenvalue weighted by Crippen LogP contribution is 2.37. The lowest BCUT2D eigenvalue weighted by molar-refractivity contribution is 0.615. The molecule has 3 aromatic rings. The number of benzene rings is 2. The highest BCUT2D eigenvalue weighted by Gasteiger charge is 2.11. The van der Waals surface area contributed by atoms with Crippen LogP contribution in [0.5, 0.6) is 0 Å². The summed E-state index contributed by atoms with van der Waals surface area (Å²) in [6.07, 6.45) is 1.75. The Morgan fingerprint density at radius 2 is 1.76 bits per heavy atom. The molecule has 0 saturated carbocycles. The maximum Gasteiger partial charge on any atom is 0.148 e. The van der Waals surface area contributed by atoms with Crippen LogP contribution in [0, 0.1) is 0 Å². The van der Waals surface area contributed by atoms with Gasteiger partial charge in [0.1, 0.15) is 5.58 Å². The van der Waals surface area contributed by atoms with Gasteiger partial charge in [0.2, 0.25) is 0 Å². The Bertz CT molecular complexity index is 688. The fourth-order valence-corrected chi connectivity index (χ4v) is 2.61. The van der Waals surface area contributed by atoms with Crippen LogP contribution in [0.25, 0.3) is 22.1 Å². The predicted octanol–water partition coefficient (Wildman–Crippen LogP) is 5.52. The molecule has 0 aliphatic rings. The molecule has 0 radical (unpaired) electrons. The van der Waals surface area contributed by atoms with Crippen LogP contribution in [0.4, 0.5) is 0 Å². The molecular formula is C14H8BrClO. The van der Waals surface area contributed by atoms with E-state index < -0.39 is 0 Å². The van der Waals surface area contributed by atoms with Crippen molar-refractivity contribution in [2.24, 2.45) is 0 Å². The molecule has 0 fully saturated rings. The monoisotopic (exact) mass is 306 g/mol. The maximum absolute atomic E-state index is 6.20. The Morgan fingerprint density at radius 1 is 0.941 bits per heavy atom. The van der Waals surface area contributed by atoms with Gasteiger partial charge in [-0.15, -0.1) is 0 Å². The zero-order valence-electron chi connectivity index (χ0n) is 8.78. The molecule has 84 valence electrons. The zero-order valence-corrected chi connectivity index (χ0v) is 11.1. The van der Waals surface area contributed by atoms with Crippen LogP contribution in [0.1, 0.15) is 0 Å². The Morgan fingerprint density at radius 3 is 2.59 bits per heavy atom. The van der Waals surface area contributed by atoms with Gasteiger partial charge in [0, 0.05) is 21.5 Å². The van der Waals surface area contributed by atoms with Crippen molar-refractivity contribution < 1.29 is 4.42 Å². The fraction of sp³-hybridized carbons (Fsp3) is 0. The highest BCUT2D eigenvalue weighted by molar-refractivity contribution is 9.10. The van der Waals surface area contributed by atoms with Gasteiger partial charge in [-0.25, -0.2) is 0 Å². The number of fused-ring (bicyclic) bond motifs is 1. The number of halogens is 2. The van der Waals surface area contributed by atoms with E-state index in [9.17, 15) is 0 Å². The Kier molecular flexibility index (Phi) is 2.69. The molecule has 0 aliphatic carbocycles. The smallest absolute Gasteiger partial charge is 0.148 e. The maximum atomic E-state index is 6.20. The van der Waals surface area contributed by atoms with Crippen molar-refractivity contribution in [3.63, 3.8) is 0 Å². The molecule has 0 atom stereocenters. The van der Waals surface area contributed by atoms with Gasteiger partial charge in [-0.2, -0.15) is 0 Å². The van der Waals surface area contributed by atoms with Crippen LogP contribution in [0.2, 0.25) is 5.02 Å². The molecule has 2 aromatic carbocycles. The van der Waals surface area contributed by atoms with E-state index in [1.54, 1.807) is 6.26 Å². The van der Waals surface area contributed by atoms with Gasteiger partial charge >= 0.3 is 0 Å². The van der Waals surface area contributed by atoms with Crippen LogP contribution in [-0.2, 0) is 0 Å². The molecule has 3 heteroatoms. The summed E-state index contributed by atoms with van der Waals surface area (Å²) < 4.78 is 6.54. The summed E-state index contributed by atoms with van der Waals surface area (Å²) in [5, 5.41) is 1.79. The molecule has 3 rings (SSSR count). The van der Waals surface area contributed by atoms with Gasteiger partial charge in [-0.3, -0.25) is 0 Å². The molecule has 1 nitrogen and oxygen atoms in total. The summed E-state index contributed by atoms with van der Waals surface area (Å²) in [5.41, 5.74) is 2.86. The minimum atomic E-state index is 0.732. The first kappa shape index (κ1) is 10.9. The standard InChI is InChI=1S/C14H8BrClO/c15-12-6-3-5-10-11(8-17-14(10)12)9-4-1-2-7-13(9)16/h1-8H. The van der Waals surface area contributed by atoms with Gasteiger partial charge in [-0.1, -0.05) is 41.9 Å². The van der Waals surface area contributed by atoms with E-state index in [1.165, 1.54) is 0 Å². The molecule has 0 spiro atoms. The van der Waals surface area contributed by atoms with Crippen molar-refractivity contribution >= 4 is 38.5 Å². The SMILES string of the molecule is Clc1ccccc1-c1coc2c(Br)cccc12. The first-order valence-electron chi connectivity index (χ1n) is 5.18. The van der Waals surface area contributed by atoms with E-state index in [1.807, 2.05) is 42.5 Å². The van der Waals surface area contributed by atoms with Crippen molar-refractivity contribution in [2.45, 2.75) is 0 Å². The largest absolute Gasteiger partial charge is 0.462 e. The van der Waals surface area contributed by atoms with E-state index >= 15 is 0 Å². The average molecular weight is 308 g/mol. The number of rotatable bonds is 1. The summed E-state index contributed by atoms with van der Waals surface area (Å²) in [6, 6.07) is 13.7. The second-order valence-corrected chi connectivity index (χ2v) is 5.01. The number of furan rings is 1. The first-order valence-corrected chi connectivity index (χ1v) is 6.35. The third kappa shape index (κ3) is 1.78. The third-order valence-electron chi connectivity index (χ3n) is 2.72. The lowest BCUT2D eigenvalue weighted by Crippen LogP contribution is -1.77. The van der Waals surface area contributed by atoms with Gasteiger partial charge in [0.05, 0.1) is 10.7 Å². The van der Waals surface area contributed by atoms with Crippen molar-refractivity contribution in [3.05, 3.63) is 58.2 Å². The molecule has 0 amide bonds. The first-order chi connectivity index (χ1) is 8.27. The van der Waals surface area contributed by atoms with E-state index in [-0.39, 0.29) is 0 Å². The minimum Gasteiger partial charge on any atom is -0.462 e. The van der Waals surface area contributed by atoms with Crippen molar-refractivity contribution in [3.8, 4) is 11.1 Å². The second-order valence-electron chi connectivity index (χ2n) is 3.75. The minimum absolute atomic E-state index is 0.732. The Hall–Kier alpha value is -1.25.